The van der Waals surface area contributed by atoms with E-state index in [1.165, 1.54) is 6.20 Å². The van der Waals surface area contributed by atoms with E-state index in [-0.39, 0.29) is 0 Å². The standard InChI is InChI=1S/C10H9N3O/c14-8-9-5-12-13(6-9)7-10-3-1-2-4-11-10/h1-6,8H,7H2. The second-order valence-corrected chi connectivity index (χ2v) is 2.91. The van der Waals surface area contributed by atoms with Crippen LogP contribution in [0.15, 0.2) is 36.8 Å². The van der Waals surface area contributed by atoms with Crippen molar-refractivity contribution in [1.29, 1.82) is 0 Å². The molecule has 2 heterocycles. The molecule has 0 atom stereocenters. The topological polar surface area (TPSA) is 47.8 Å². The molecule has 2 aromatic heterocycles. The highest BCUT2D eigenvalue weighted by atomic mass is 16.1. The monoisotopic (exact) mass is 187 g/mol. The van der Waals surface area contributed by atoms with E-state index >= 15 is 0 Å². The van der Waals surface area contributed by atoms with Gasteiger partial charge in [-0.3, -0.25) is 14.5 Å². The normalized spacial score (nSPS) is 10.0. The Balaban J connectivity index is 2.15. The molecule has 0 radical (unpaired) electrons. The van der Waals surface area contributed by atoms with E-state index in [1.807, 2.05) is 18.2 Å². The first-order valence-electron chi connectivity index (χ1n) is 4.26. The van der Waals surface area contributed by atoms with Crippen molar-refractivity contribution >= 4 is 6.29 Å². The summed E-state index contributed by atoms with van der Waals surface area (Å²) in [7, 11) is 0. The number of nitrogens with zero attached hydrogens (tertiary/aromatic N) is 3. The van der Waals surface area contributed by atoms with Crippen molar-refractivity contribution in [3.8, 4) is 0 Å². The lowest BCUT2D eigenvalue weighted by molar-refractivity contribution is 0.112. The molecule has 0 amide bonds. The van der Waals surface area contributed by atoms with Crippen molar-refractivity contribution in [1.82, 2.24) is 14.8 Å². The molecule has 0 aliphatic rings. The summed E-state index contributed by atoms with van der Waals surface area (Å²) in [5.74, 6) is 0. The van der Waals surface area contributed by atoms with Gasteiger partial charge in [-0.2, -0.15) is 5.10 Å². The summed E-state index contributed by atoms with van der Waals surface area (Å²) >= 11 is 0. The zero-order valence-electron chi connectivity index (χ0n) is 7.50. The number of carbonyl (C=O) groups excluding carboxylic acids is 1. The van der Waals surface area contributed by atoms with Crippen molar-refractivity contribution in [2.24, 2.45) is 0 Å². The molecule has 0 aliphatic carbocycles. The van der Waals surface area contributed by atoms with Crippen LogP contribution in [0.3, 0.4) is 0 Å². The second-order valence-electron chi connectivity index (χ2n) is 2.91. The van der Waals surface area contributed by atoms with Gasteiger partial charge in [0.05, 0.1) is 24.0 Å². The van der Waals surface area contributed by atoms with Crippen molar-refractivity contribution in [3.05, 3.63) is 48.0 Å². The fraction of sp³-hybridized carbons (Fsp3) is 0.100. The summed E-state index contributed by atoms with van der Waals surface area (Å²) in [6, 6.07) is 5.71. The SMILES string of the molecule is O=Cc1cnn(Cc2ccccn2)c1. The first kappa shape index (κ1) is 8.62. The van der Waals surface area contributed by atoms with E-state index in [1.54, 1.807) is 17.1 Å². The highest BCUT2D eigenvalue weighted by Gasteiger charge is 1.98. The molecule has 4 heteroatoms. The average Bonchev–Trinajstić information content (AvgIpc) is 2.67. The zero-order chi connectivity index (χ0) is 9.80. The molecule has 0 bridgehead atoms. The molecular formula is C10H9N3O. The van der Waals surface area contributed by atoms with Crippen LogP contribution < -0.4 is 0 Å². The lowest BCUT2D eigenvalue weighted by Crippen LogP contribution is -2.01. The van der Waals surface area contributed by atoms with Gasteiger partial charge in [0.25, 0.3) is 0 Å². The van der Waals surface area contributed by atoms with Gasteiger partial charge in [0, 0.05) is 12.4 Å². The zero-order valence-corrected chi connectivity index (χ0v) is 7.50. The molecule has 0 saturated carbocycles. The highest BCUT2D eigenvalue weighted by Crippen LogP contribution is 1.99. The van der Waals surface area contributed by atoms with E-state index in [9.17, 15) is 4.79 Å². The Labute approximate surface area is 81.2 Å². The minimum absolute atomic E-state index is 0.584. The summed E-state index contributed by atoms with van der Waals surface area (Å²) in [5.41, 5.74) is 1.51. The molecule has 14 heavy (non-hydrogen) atoms. The maximum atomic E-state index is 10.4. The number of carbonyl (C=O) groups is 1. The average molecular weight is 187 g/mol. The highest BCUT2D eigenvalue weighted by molar-refractivity contribution is 5.73. The van der Waals surface area contributed by atoms with Crippen LogP contribution in [0.5, 0.6) is 0 Å². The van der Waals surface area contributed by atoms with E-state index in [4.69, 9.17) is 0 Å². The fourth-order valence-electron chi connectivity index (χ4n) is 1.18. The van der Waals surface area contributed by atoms with Gasteiger partial charge < -0.3 is 0 Å². The Morgan fingerprint density at radius 3 is 3.00 bits per heavy atom. The second kappa shape index (κ2) is 3.83. The number of aromatic nitrogens is 3. The van der Waals surface area contributed by atoms with Gasteiger partial charge in [0.1, 0.15) is 0 Å². The molecule has 0 aliphatic heterocycles. The van der Waals surface area contributed by atoms with Crippen molar-refractivity contribution in [2.45, 2.75) is 6.54 Å². The van der Waals surface area contributed by atoms with Gasteiger partial charge >= 0.3 is 0 Å². The van der Waals surface area contributed by atoms with Gasteiger partial charge in [-0.15, -0.1) is 0 Å². The van der Waals surface area contributed by atoms with Crippen LogP contribution in [0.1, 0.15) is 16.1 Å². The largest absolute Gasteiger partial charge is 0.298 e. The number of pyridine rings is 1. The number of hydrogen-bond acceptors (Lipinski definition) is 3. The number of aldehydes is 1. The van der Waals surface area contributed by atoms with Gasteiger partial charge in [0.2, 0.25) is 0 Å². The summed E-state index contributed by atoms with van der Waals surface area (Å²) in [6.45, 7) is 0.592. The minimum Gasteiger partial charge on any atom is -0.298 e. The number of rotatable bonds is 3. The van der Waals surface area contributed by atoms with Crippen LogP contribution in [-0.4, -0.2) is 21.1 Å². The minimum atomic E-state index is 0.584. The van der Waals surface area contributed by atoms with Crippen LogP contribution >= 0.6 is 0 Å². The Morgan fingerprint density at radius 2 is 2.36 bits per heavy atom. The maximum absolute atomic E-state index is 10.4. The number of hydrogen-bond donors (Lipinski definition) is 0. The molecule has 0 saturated heterocycles. The lowest BCUT2D eigenvalue weighted by Gasteiger charge is -1.98. The van der Waals surface area contributed by atoms with E-state index in [0.29, 0.717) is 12.1 Å². The molecule has 0 unspecified atom stereocenters. The maximum Gasteiger partial charge on any atom is 0.153 e. The van der Waals surface area contributed by atoms with Crippen LogP contribution in [0, 0.1) is 0 Å². The molecule has 0 spiro atoms. The van der Waals surface area contributed by atoms with Gasteiger partial charge in [-0.05, 0) is 12.1 Å². The Bertz CT molecular complexity index is 422. The first-order chi connectivity index (χ1) is 6.88. The molecule has 70 valence electrons. The Hall–Kier alpha value is -1.97. The van der Waals surface area contributed by atoms with Gasteiger partial charge in [-0.1, -0.05) is 6.07 Å². The third-order valence-corrected chi connectivity index (χ3v) is 1.84. The van der Waals surface area contributed by atoms with Crippen LogP contribution in [-0.2, 0) is 6.54 Å². The van der Waals surface area contributed by atoms with Crippen molar-refractivity contribution < 1.29 is 4.79 Å². The first-order valence-corrected chi connectivity index (χ1v) is 4.26. The van der Waals surface area contributed by atoms with Crippen LogP contribution in [0.2, 0.25) is 0 Å². The summed E-state index contributed by atoms with van der Waals surface area (Å²) in [4.78, 5) is 14.6. The van der Waals surface area contributed by atoms with Crippen molar-refractivity contribution in [3.63, 3.8) is 0 Å². The van der Waals surface area contributed by atoms with Crippen LogP contribution in [0.25, 0.3) is 0 Å². The summed E-state index contributed by atoms with van der Waals surface area (Å²) in [5, 5.41) is 4.03. The molecule has 2 rings (SSSR count). The predicted molar refractivity (Wildman–Crippen MR) is 51.0 cm³/mol. The molecular weight excluding hydrogens is 178 g/mol. The lowest BCUT2D eigenvalue weighted by atomic mass is 10.3. The van der Waals surface area contributed by atoms with Gasteiger partial charge in [0.15, 0.2) is 6.29 Å². The third kappa shape index (κ3) is 1.85. The van der Waals surface area contributed by atoms with Crippen molar-refractivity contribution in [2.75, 3.05) is 0 Å². The molecule has 2 aromatic rings. The van der Waals surface area contributed by atoms with E-state index in [0.717, 1.165) is 12.0 Å². The van der Waals surface area contributed by atoms with Crippen LogP contribution in [0.4, 0.5) is 0 Å². The smallest absolute Gasteiger partial charge is 0.153 e. The fourth-order valence-corrected chi connectivity index (χ4v) is 1.18. The summed E-state index contributed by atoms with van der Waals surface area (Å²) in [6.07, 6.45) is 5.75. The predicted octanol–water partition coefficient (Wildman–Crippen LogP) is 1.14. The molecule has 0 N–H and O–H groups in total. The molecule has 4 nitrogen and oxygen atoms in total. The molecule has 0 fully saturated rings. The third-order valence-electron chi connectivity index (χ3n) is 1.84. The van der Waals surface area contributed by atoms with Gasteiger partial charge in [-0.25, -0.2) is 0 Å². The Kier molecular flexibility index (Phi) is 2.36. The van der Waals surface area contributed by atoms with E-state index < -0.39 is 0 Å². The van der Waals surface area contributed by atoms with E-state index in [2.05, 4.69) is 10.1 Å². The molecule has 0 aromatic carbocycles. The quantitative estimate of drug-likeness (QED) is 0.677. The summed E-state index contributed by atoms with van der Waals surface area (Å²) < 4.78 is 1.69. The Morgan fingerprint density at radius 1 is 1.43 bits per heavy atom.